The van der Waals surface area contributed by atoms with Crippen LogP contribution in [-0.2, 0) is 20.1 Å². The van der Waals surface area contributed by atoms with Gasteiger partial charge in [0, 0.05) is 39.4 Å². The number of aryl methyl sites for hydroxylation is 2. The van der Waals surface area contributed by atoms with E-state index < -0.39 is 6.10 Å². The van der Waals surface area contributed by atoms with Crippen molar-refractivity contribution in [3.8, 4) is 0 Å². The second kappa shape index (κ2) is 8.08. The van der Waals surface area contributed by atoms with E-state index in [0.717, 1.165) is 49.6 Å². The van der Waals surface area contributed by atoms with Gasteiger partial charge in [-0.1, -0.05) is 24.3 Å². The average molecular weight is 381 g/mol. The Hall–Kier alpha value is -2.77. The van der Waals surface area contributed by atoms with E-state index in [9.17, 15) is 9.50 Å². The summed E-state index contributed by atoms with van der Waals surface area (Å²) in [4.78, 5) is 2.35. The van der Waals surface area contributed by atoms with Crippen molar-refractivity contribution in [1.82, 2.24) is 24.5 Å². The number of rotatable bonds is 5. The number of hydrogen-bond acceptors (Lipinski definition) is 4. The number of halogens is 1. The second-order valence-corrected chi connectivity index (χ2v) is 7.11. The zero-order chi connectivity index (χ0) is 19.5. The van der Waals surface area contributed by atoms with Crippen LogP contribution in [0.1, 0.15) is 35.2 Å². The standard InChI is InChI=1S/C21H24FN5O/c1-25-20(9-10-23-25)21(28)19-14-18-15-26(12-3-13-27(18)24-19)11-2-4-16-5-7-17(22)8-6-16/h2,4-10,14,21,28H,3,11-13,15H2,1H3/b4-2+. The second-order valence-electron chi connectivity index (χ2n) is 7.11. The third kappa shape index (κ3) is 4.05. The molecule has 0 bridgehead atoms. The van der Waals surface area contributed by atoms with Crippen LogP contribution in [0.15, 0.2) is 48.7 Å². The van der Waals surface area contributed by atoms with E-state index in [1.807, 2.05) is 29.9 Å². The molecule has 1 aliphatic heterocycles. The molecule has 0 spiro atoms. The van der Waals surface area contributed by atoms with Gasteiger partial charge in [0.25, 0.3) is 0 Å². The summed E-state index contributed by atoms with van der Waals surface area (Å²) in [6.45, 7) is 3.41. The number of aliphatic hydroxyl groups excluding tert-OH is 1. The molecule has 4 rings (SSSR count). The lowest BCUT2D eigenvalue weighted by Crippen LogP contribution is -2.23. The summed E-state index contributed by atoms with van der Waals surface area (Å²) >= 11 is 0. The maximum Gasteiger partial charge on any atom is 0.139 e. The molecule has 0 fully saturated rings. The van der Waals surface area contributed by atoms with Crippen molar-refractivity contribution in [3.63, 3.8) is 0 Å². The molecular formula is C21H24FN5O. The van der Waals surface area contributed by atoms with Gasteiger partial charge < -0.3 is 5.11 Å². The molecule has 3 aromatic rings. The first-order chi connectivity index (χ1) is 13.6. The number of nitrogens with zero attached hydrogens (tertiary/aromatic N) is 5. The number of hydrogen-bond donors (Lipinski definition) is 1. The van der Waals surface area contributed by atoms with Crippen LogP contribution >= 0.6 is 0 Å². The molecule has 3 heterocycles. The molecule has 0 radical (unpaired) electrons. The lowest BCUT2D eigenvalue weighted by molar-refractivity contribution is 0.203. The largest absolute Gasteiger partial charge is 0.380 e. The number of fused-ring (bicyclic) bond motifs is 1. The Kier molecular flexibility index (Phi) is 5.36. The highest BCUT2D eigenvalue weighted by molar-refractivity contribution is 5.48. The first kappa shape index (κ1) is 18.6. The minimum absolute atomic E-state index is 0.220. The Morgan fingerprint density at radius 1 is 1.21 bits per heavy atom. The maximum absolute atomic E-state index is 13.0. The van der Waals surface area contributed by atoms with Crippen LogP contribution in [0.3, 0.4) is 0 Å². The molecule has 1 atom stereocenters. The fourth-order valence-corrected chi connectivity index (χ4v) is 3.56. The molecular weight excluding hydrogens is 357 g/mol. The summed E-state index contributed by atoms with van der Waals surface area (Å²) in [5.41, 5.74) is 3.47. The molecule has 1 aromatic carbocycles. The highest BCUT2D eigenvalue weighted by Crippen LogP contribution is 2.23. The highest BCUT2D eigenvalue weighted by atomic mass is 19.1. The highest BCUT2D eigenvalue weighted by Gasteiger charge is 2.21. The Morgan fingerprint density at radius 3 is 2.79 bits per heavy atom. The monoisotopic (exact) mass is 381 g/mol. The van der Waals surface area contributed by atoms with E-state index >= 15 is 0 Å². The van der Waals surface area contributed by atoms with Gasteiger partial charge in [0.05, 0.1) is 17.1 Å². The maximum atomic E-state index is 13.0. The van der Waals surface area contributed by atoms with Crippen LogP contribution in [0.2, 0.25) is 0 Å². The molecule has 1 N–H and O–H groups in total. The summed E-state index contributed by atoms with van der Waals surface area (Å²) in [7, 11) is 1.81. The Labute approximate surface area is 163 Å². The van der Waals surface area contributed by atoms with Gasteiger partial charge in [-0.25, -0.2) is 4.39 Å². The van der Waals surface area contributed by atoms with E-state index in [1.54, 1.807) is 23.0 Å². The van der Waals surface area contributed by atoms with Crippen LogP contribution in [0.4, 0.5) is 4.39 Å². The minimum Gasteiger partial charge on any atom is -0.380 e. The molecule has 0 saturated carbocycles. The van der Waals surface area contributed by atoms with Gasteiger partial charge in [0.2, 0.25) is 0 Å². The van der Waals surface area contributed by atoms with E-state index in [-0.39, 0.29) is 5.82 Å². The lowest BCUT2D eigenvalue weighted by Gasteiger charge is -2.17. The van der Waals surface area contributed by atoms with Crippen molar-refractivity contribution in [2.24, 2.45) is 7.05 Å². The molecule has 2 aromatic heterocycles. The number of aromatic nitrogens is 4. The van der Waals surface area contributed by atoms with Crippen LogP contribution in [-0.4, -0.2) is 42.7 Å². The van der Waals surface area contributed by atoms with Crippen LogP contribution in [0, 0.1) is 5.82 Å². The van der Waals surface area contributed by atoms with Crippen LogP contribution in [0.5, 0.6) is 0 Å². The molecule has 1 aliphatic rings. The van der Waals surface area contributed by atoms with Crippen molar-refractivity contribution in [2.75, 3.05) is 13.1 Å². The number of aliphatic hydroxyl groups is 1. The van der Waals surface area contributed by atoms with Crippen molar-refractivity contribution >= 4 is 6.08 Å². The summed E-state index contributed by atoms with van der Waals surface area (Å²) in [6.07, 6.45) is 6.01. The fraction of sp³-hybridized carbons (Fsp3) is 0.333. The topological polar surface area (TPSA) is 59.1 Å². The normalized spacial score (nSPS) is 16.2. The molecule has 6 nitrogen and oxygen atoms in total. The van der Waals surface area contributed by atoms with Gasteiger partial charge in [-0.05, 0) is 36.2 Å². The third-order valence-electron chi connectivity index (χ3n) is 5.08. The van der Waals surface area contributed by atoms with E-state index in [0.29, 0.717) is 5.69 Å². The van der Waals surface area contributed by atoms with Crippen LogP contribution in [0.25, 0.3) is 6.08 Å². The molecule has 28 heavy (non-hydrogen) atoms. The molecule has 7 heteroatoms. The van der Waals surface area contributed by atoms with Gasteiger partial charge in [-0.3, -0.25) is 14.3 Å². The molecule has 1 unspecified atom stereocenters. The quantitative estimate of drug-likeness (QED) is 0.738. The fourth-order valence-electron chi connectivity index (χ4n) is 3.56. The van der Waals surface area contributed by atoms with Crippen molar-refractivity contribution < 1.29 is 9.50 Å². The Morgan fingerprint density at radius 2 is 2.04 bits per heavy atom. The summed E-state index contributed by atoms with van der Waals surface area (Å²) in [5.74, 6) is -0.220. The van der Waals surface area contributed by atoms with Crippen molar-refractivity contribution in [2.45, 2.75) is 25.6 Å². The summed E-state index contributed by atoms with van der Waals surface area (Å²) in [5, 5.41) is 19.4. The zero-order valence-corrected chi connectivity index (χ0v) is 15.9. The van der Waals surface area contributed by atoms with Gasteiger partial charge in [-0.15, -0.1) is 0 Å². The van der Waals surface area contributed by atoms with Crippen LogP contribution < -0.4 is 0 Å². The smallest absolute Gasteiger partial charge is 0.139 e. The average Bonchev–Trinajstić information content (AvgIpc) is 3.24. The van der Waals surface area contributed by atoms with Gasteiger partial charge in [0.1, 0.15) is 11.9 Å². The van der Waals surface area contributed by atoms with E-state index in [1.165, 1.54) is 12.1 Å². The van der Waals surface area contributed by atoms with E-state index in [2.05, 4.69) is 21.2 Å². The third-order valence-corrected chi connectivity index (χ3v) is 5.08. The lowest BCUT2D eigenvalue weighted by atomic mass is 10.2. The van der Waals surface area contributed by atoms with Gasteiger partial charge in [0.15, 0.2) is 0 Å². The Balaban J connectivity index is 1.44. The molecule has 0 amide bonds. The van der Waals surface area contributed by atoms with Crippen molar-refractivity contribution in [3.05, 3.63) is 77.1 Å². The Bertz CT molecular complexity index is 960. The summed E-state index contributed by atoms with van der Waals surface area (Å²) in [6, 6.07) is 10.3. The summed E-state index contributed by atoms with van der Waals surface area (Å²) < 4.78 is 16.7. The zero-order valence-electron chi connectivity index (χ0n) is 15.9. The van der Waals surface area contributed by atoms with Gasteiger partial charge in [-0.2, -0.15) is 10.2 Å². The first-order valence-corrected chi connectivity index (χ1v) is 9.47. The predicted octanol–water partition coefficient (Wildman–Crippen LogP) is 2.76. The molecule has 0 aliphatic carbocycles. The number of benzene rings is 1. The predicted molar refractivity (Wildman–Crippen MR) is 105 cm³/mol. The molecule has 146 valence electrons. The minimum atomic E-state index is -0.779. The van der Waals surface area contributed by atoms with Gasteiger partial charge >= 0.3 is 0 Å². The van der Waals surface area contributed by atoms with E-state index in [4.69, 9.17) is 0 Å². The van der Waals surface area contributed by atoms with Crippen molar-refractivity contribution in [1.29, 1.82) is 0 Å². The first-order valence-electron chi connectivity index (χ1n) is 9.47. The molecule has 0 saturated heterocycles. The SMILES string of the molecule is Cn1nccc1C(O)c1cc2n(n1)CCCN(C/C=C/c1ccc(F)cc1)C2.